The third-order valence-corrected chi connectivity index (χ3v) is 5.57. The van der Waals surface area contributed by atoms with Crippen molar-refractivity contribution in [3.05, 3.63) is 58.6 Å². The van der Waals surface area contributed by atoms with Crippen LogP contribution in [-0.2, 0) is 9.59 Å². The number of carbonyl (C=O) groups excluding carboxylic acids is 2. The lowest BCUT2D eigenvalue weighted by molar-refractivity contribution is -0.384. The van der Waals surface area contributed by atoms with Gasteiger partial charge < -0.3 is 19.9 Å². The first-order valence-electron chi connectivity index (χ1n) is 10.5. The zero-order valence-electron chi connectivity index (χ0n) is 18.1. The van der Waals surface area contributed by atoms with Crippen molar-refractivity contribution in [2.75, 3.05) is 43.5 Å². The van der Waals surface area contributed by atoms with Gasteiger partial charge in [0.05, 0.1) is 30.2 Å². The van der Waals surface area contributed by atoms with Crippen molar-refractivity contribution in [3.8, 4) is 5.75 Å². The molecule has 2 aliphatic heterocycles. The minimum atomic E-state index is -0.837. The van der Waals surface area contributed by atoms with Crippen LogP contribution in [0, 0.1) is 10.1 Å². The predicted octanol–water partition coefficient (Wildman–Crippen LogP) is 1.61. The molecular formula is C22H24N6O5. The highest BCUT2D eigenvalue weighted by Gasteiger charge is 2.32. The Kier molecular flexibility index (Phi) is 6.38. The molecule has 0 spiro atoms. The maximum absolute atomic E-state index is 12.5. The summed E-state index contributed by atoms with van der Waals surface area (Å²) in [7, 11) is 1.35. The second-order valence-electron chi connectivity index (χ2n) is 7.66. The fourth-order valence-corrected chi connectivity index (χ4v) is 3.82. The van der Waals surface area contributed by atoms with Gasteiger partial charge in [-0.1, -0.05) is 18.2 Å². The Bertz CT molecular complexity index is 1080. The molecule has 2 aliphatic rings. The van der Waals surface area contributed by atoms with Crippen LogP contribution in [0.25, 0.3) is 0 Å². The highest BCUT2D eigenvalue weighted by atomic mass is 16.6. The number of nitro benzene ring substituents is 1. The standard InChI is InChI=1S/C22H24N6O5/c1-33-19-13-16(28(31)32)7-8-17(19)23-20(29)14-18-21(30)25-22(24-18)27-11-9-26(10-12-27)15-5-3-2-4-6-15/h2-8,13,18H,9-12,14H2,1H3,(H,23,29)(H,24,25,30). The zero-order chi connectivity index (χ0) is 23.4. The average molecular weight is 452 g/mol. The van der Waals surface area contributed by atoms with Gasteiger partial charge in [-0.05, 0) is 18.2 Å². The molecule has 1 unspecified atom stereocenters. The number of nitro groups is 1. The van der Waals surface area contributed by atoms with E-state index in [0.29, 0.717) is 19.0 Å². The third-order valence-electron chi connectivity index (χ3n) is 5.57. The summed E-state index contributed by atoms with van der Waals surface area (Å²) in [5, 5.41) is 16.3. The Morgan fingerprint density at radius 3 is 2.55 bits per heavy atom. The molecule has 1 fully saturated rings. The Labute approximate surface area is 190 Å². The van der Waals surface area contributed by atoms with Crippen LogP contribution in [0.2, 0.25) is 0 Å². The molecule has 33 heavy (non-hydrogen) atoms. The van der Waals surface area contributed by atoms with E-state index < -0.39 is 16.9 Å². The first-order valence-corrected chi connectivity index (χ1v) is 10.5. The minimum Gasteiger partial charge on any atom is -0.494 e. The highest BCUT2D eigenvalue weighted by Crippen LogP contribution is 2.29. The van der Waals surface area contributed by atoms with Gasteiger partial charge in [-0.3, -0.25) is 25.0 Å². The Balaban J connectivity index is 1.35. The molecule has 0 aromatic heterocycles. The summed E-state index contributed by atoms with van der Waals surface area (Å²) in [6.07, 6.45) is -0.153. The van der Waals surface area contributed by atoms with E-state index in [2.05, 4.69) is 32.7 Å². The molecule has 11 heteroatoms. The molecule has 1 saturated heterocycles. The highest BCUT2D eigenvalue weighted by molar-refractivity contribution is 6.07. The fraction of sp³-hybridized carbons (Fsp3) is 0.318. The van der Waals surface area contributed by atoms with Crippen molar-refractivity contribution in [1.29, 1.82) is 0 Å². The number of guanidine groups is 1. The van der Waals surface area contributed by atoms with Crippen LogP contribution in [0.15, 0.2) is 53.5 Å². The van der Waals surface area contributed by atoms with Crippen LogP contribution < -0.4 is 20.3 Å². The van der Waals surface area contributed by atoms with E-state index in [-0.39, 0.29) is 29.5 Å². The number of ether oxygens (including phenoxy) is 1. The first kappa shape index (κ1) is 22.1. The van der Waals surface area contributed by atoms with E-state index in [1.165, 1.54) is 25.3 Å². The number of benzene rings is 2. The van der Waals surface area contributed by atoms with E-state index in [9.17, 15) is 19.7 Å². The quantitative estimate of drug-likeness (QED) is 0.503. The Hall–Kier alpha value is -4.15. The van der Waals surface area contributed by atoms with Gasteiger partial charge in [0.15, 0.2) is 0 Å². The first-order chi connectivity index (χ1) is 15.9. The van der Waals surface area contributed by atoms with Crippen molar-refractivity contribution in [1.82, 2.24) is 10.2 Å². The SMILES string of the molecule is COc1cc([N+](=O)[O-])ccc1NC(=O)CC1N=C(N2CCN(c3ccccc3)CC2)NC1=O. The van der Waals surface area contributed by atoms with E-state index >= 15 is 0 Å². The number of anilines is 2. The van der Waals surface area contributed by atoms with Gasteiger partial charge in [0.2, 0.25) is 11.9 Å². The average Bonchev–Trinajstić information content (AvgIpc) is 3.19. The summed E-state index contributed by atoms with van der Waals surface area (Å²) in [6, 6.07) is 13.2. The van der Waals surface area contributed by atoms with E-state index in [1.54, 1.807) is 0 Å². The molecule has 0 aliphatic carbocycles. The van der Waals surface area contributed by atoms with Crippen molar-refractivity contribution in [3.63, 3.8) is 0 Å². The van der Waals surface area contributed by atoms with Gasteiger partial charge in [-0.2, -0.15) is 0 Å². The second-order valence-corrected chi connectivity index (χ2v) is 7.66. The van der Waals surface area contributed by atoms with Crippen LogP contribution in [-0.4, -0.2) is 66.9 Å². The molecule has 0 bridgehead atoms. The molecule has 0 radical (unpaired) electrons. The predicted molar refractivity (Wildman–Crippen MR) is 122 cm³/mol. The number of amides is 2. The second kappa shape index (κ2) is 9.55. The molecule has 2 aromatic carbocycles. The van der Waals surface area contributed by atoms with E-state index in [1.807, 2.05) is 23.1 Å². The van der Waals surface area contributed by atoms with Gasteiger partial charge in [-0.15, -0.1) is 0 Å². The smallest absolute Gasteiger partial charge is 0.273 e. The topological polar surface area (TPSA) is 129 Å². The fourth-order valence-electron chi connectivity index (χ4n) is 3.82. The largest absolute Gasteiger partial charge is 0.494 e. The van der Waals surface area contributed by atoms with Crippen LogP contribution >= 0.6 is 0 Å². The summed E-state index contributed by atoms with van der Waals surface area (Å²) in [6.45, 7) is 2.99. The van der Waals surface area contributed by atoms with Gasteiger partial charge >= 0.3 is 0 Å². The lowest BCUT2D eigenvalue weighted by Gasteiger charge is -2.36. The number of aliphatic imine (C=N–C) groups is 1. The van der Waals surface area contributed by atoms with E-state index in [0.717, 1.165) is 18.8 Å². The number of hydrogen-bond acceptors (Lipinski definition) is 8. The Morgan fingerprint density at radius 2 is 1.88 bits per heavy atom. The number of nitrogens with zero attached hydrogens (tertiary/aromatic N) is 4. The number of hydrogen-bond donors (Lipinski definition) is 2. The summed E-state index contributed by atoms with van der Waals surface area (Å²) in [4.78, 5) is 44.0. The van der Waals surface area contributed by atoms with E-state index in [4.69, 9.17) is 4.74 Å². The molecule has 11 nitrogen and oxygen atoms in total. The molecule has 2 aromatic rings. The summed E-state index contributed by atoms with van der Waals surface area (Å²) in [5.74, 6) is -0.130. The minimum absolute atomic E-state index is 0.151. The summed E-state index contributed by atoms with van der Waals surface area (Å²) < 4.78 is 5.13. The maximum Gasteiger partial charge on any atom is 0.273 e. The lowest BCUT2D eigenvalue weighted by Crippen LogP contribution is -2.52. The maximum atomic E-state index is 12.5. The number of carbonyl (C=O) groups is 2. The van der Waals surface area contributed by atoms with Crippen LogP contribution in [0.4, 0.5) is 17.1 Å². The van der Waals surface area contributed by atoms with Crippen LogP contribution in [0.1, 0.15) is 6.42 Å². The van der Waals surface area contributed by atoms with Gasteiger partial charge in [0.1, 0.15) is 11.8 Å². The monoisotopic (exact) mass is 452 g/mol. The number of non-ortho nitro benzene ring substituents is 1. The molecule has 4 rings (SSSR count). The lowest BCUT2D eigenvalue weighted by atomic mass is 10.2. The third kappa shape index (κ3) is 5.03. The summed E-state index contributed by atoms with van der Waals surface area (Å²) >= 11 is 0. The van der Waals surface area contributed by atoms with Gasteiger partial charge in [0.25, 0.3) is 11.6 Å². The number of nitrogens with one attached hydrogen (secondary N) is 2. The molecule has 1 atom stereocenters. The summed E-state index contributed by atoms with van der Waals surface area (Å²) in [5.41, 5.74) is 1.29. The molecule has 2 amide bonds. The van der Waals surface area contributed by atoms with Gasteiger partial charge in [0, 0.05) is 37.9 Å². The van der Waals surface area contributed by atoms with Crippen molar-refractivity contribution in [2.24, 2.45) is 4.99 Å². The van der Waals surface area contributed by atoms with Crippen molar-refractivity contribution in [2.45, 2.75) is 12.5 Å². The number of rotatable bonds is 6. The zero-order valence-corrected chi connectivity index (χ0v) is 18.1. The van der Waals surface area contributed by atoms with Crippen LogP contribution in [0.5, 0.6) is 5.75 Å². The molecule has 0 saturated carbocycles. The molecular weight excluding hydrogens is 428 g/mol. The van der Waals surface area contributed by atoms with Gasteiger partial charge in [-0.25, -0.2) is 4.99 Å². The molecule has 172 valence electrons. The molecule has 2 N–H and O–H groups in total. The van der Waals surface area contributed by atoms with Crippen LogP contribution in [0.3, 0.4) is 0 Å². The number of piperazine rings is 1. The number of para-hydroxylation sites is 1. The van der Waals surface area contributed by atoms with Crippen molar-refractivity contribution < 1.29 is 19.2 Å². The normalized spacial score (nSPS) is 17.9. The molecule has 2 heterocycles. The Morgan fingerprint density at radius 1 is 1.18 bits per heavy atom. The number of methoxy groups -OCH3 is 1. The van der Waals surface area contributed by atoms with Crippen molar-refractivity contribution >= 4 is 34.8 Å².